The average Bonchev–Trinajstić information content (AvgIpc) is 1.98. The van der Waals surface area contributed by atoms with Crippen LogP contribution in [0.25, 0.3) is 0 Å². The van der Waals surface area contributed by atoms with Crippen molar-refractivity contribution in [3.05, 3.63) is 0 Å². The van der Waals surface area contributed by atoms with Gasteiger partial charge in [-0.15, -0.1) is 0 Å². The minimum atomic E-state index is -1.68. The van der Waals surface area contributed by atoms with Crippen LogP contribution in [0.1, 0.15) is 6.92 Å². The minimum Gasteiger partial charge on any atom is -0.450 e. The number of ether oxygens (including phenoxy) is 2. The van der Waals surface area contributed by atoms with Crippen molar-refractivity contribution in [2.45, 2.75) is 19.1 Å². The van der Waals surface area contributed by atoms with Crippen molar-refractivity contribution >= 4 is 12.3 Å². The maximum absolute atomic E-state index is 12.1. The number of carbonyl (C=O) groups is 2. The topological polar surface area (TPSA) is 93.1 Å². The van der Waals surface area contributed by atoms with E-state index in [0.29, 0.717) is 0 Å². The van der Waals surface area contributed by atoms with E-state index in [-0.39, 0.29) is 0 Å². The zero-order valence-electron chi connectivity index (χ0n) is 6.77. The highest BCUT2D eigenvalue weighted by Crippen LogP contribution is 2.05. The molecule has 0 saturated carbocycles. The summed E-state index contributed by atoms with van der Waals surface area (Å²) in [7, 11) is 0. The number of carboxylic acid groups (broad SMARTS) is 2. The first-order valence-electron chi connectivity index (χ1n) is 3.32. The van der Waals surface area contributed by atoms with E-state index in [9.17, 15) is 14.0 Å². The van der Waals surface area contributed by atoms with Crippen molar-refractivity contribution in [1.29, 1.82) is 0 Å². The number of rotatable bonds is 4. The molecule has 6 nitrogen and oxygen atoms in total. The van der Waals surface area contributed by atoms with E-state index in [1.165, 1.54) is 6.92 Å². The second-order valence-electron chi connectivity index (χ2n) is 2.17. The maximum Gasteiger partial charge on any atom is 0.506 e. The van der Waals surface area contributed by atoms with Gasteiger partial charge < -0.3 is 19.7 Å². The number of alkyl halides is 1. The van der Waals surface area contributed by atoms with Crippen LogP contribution in [0.4, 0.5) is 14.0 Å². The molecule has 2 N–H and O–H groups in total. The van der Waals surface area contributed by atoms with Crippen molar-refractivity contribution in [3.8, 4) is 0 Å². The zero-order valence-corrected chi connectivity index (χ0v) is 6.77. The van der Waals surface area contributed by atoms with Gasteiger partial charge in [0.1, 0.15) is 12.8 Å². The van der Waals surface area contributed by atoms with Gasteiger partial charge in [-0.1, -0.05) is 0 Å². The monoisotopic (exact) mass is 196 g/mol. The van der Waals surface area contributed by atoms with E-state index in [1.54, 1.807) is 0 Å². The Hall–Kier alpha value is -1.53. The summed E-state index contributed by atoms with van der Waals surface area (Å²) in [6.45, 7) is 0.0576. The molecule has 0 fully saturated rings. The Balaban J connectivity index is 4.06. The fourth-order valence-electron chi connectivity index (χ4n) is 0.617. The summed E-state index contributed by atoms with van der Waals surface area (Å²) in [6.07, 6.45) is -5.88. The predicted octanol–water partition coefficient (Wildman–Crippen LogP) is 1.10. The standard InChI is InChI=1S/C6H9FO6/c1-3(12-5(8)9)4(2-7)13-6(10)11/h3-4H,2H2,1H3,(H,8,9)(H,10,11). The molecule has 0 aliphatic heterocycles. The molecule has 0 aromatic rings. The summed E-state index contributed by atoms with van der Waals surface area (Å²) >= 11 is 0. The molecule has 13 heavy (non-hydrogen) atoms. The van der Waals surface area contributed by atoms with Gasteiger partial charge in [-0.25, -0.2) is 14.0 Å². The Bertz CT molecular complexity index is 194. The molecule has 0 radical (unpaired) electrons. The quantitative estimate of drug-likeness (QED) is 0.654. The first-order valence-corrected chi connectivity index (χ1v) is 3.32. The van der Waals surface area contributed by atoms with Crippen LogP contribution in [0.5, 0.6) is 0 Å². The van der Waals surface area contributed by atoms with Crippen LogP contribution >= 0.6 is 0 Å². The van der Waals surface area contributed by atoms with Crippen LogP contribution in [0, 0.1) is 0 Å². The van der Waals surface area contributed by atoms with Gasteiger partial charge in [0.05, 0.1) is 0 Å². The van der Waals surface area contributed by atoms with Gasteiger partial charge in [0, 0.05) is 0 Å². The van der Waals surface area contributed by atoms with Gasteiger partial charge in [-0.2, -0.15) is 0 Å². The number of halogens is 1. The van der Waals surface area contributed by atoms with E-state index in [4.69, 9.17) is 10.2 Å². The zero-order chi connectivity index (χ0) is 10.4. The second kappa shape index (κ2) is 5.18. The summed E-state index contributed by atoms with van der Waals surface area (Å²) in [6, 6.07) is 0. The molecule has 7 heteroatoms. The molecule has 0 aromatic heterocycles. The third-order valence-electron chi connectivity index (χ3n) is 1.21. The summed E-state index contributed by atoms with van der Waals surface area (Å²) in [5.41, 5.74) is 0. The molecular weight excluding hydrogens is 187 g/mol. The Labute approximate surface area is 72.9 Å². The first-order chi connectivity index (χ1) is 5.97. The summed E-state index contributed by atoms with van der Waals surface area (Å²) in [5.74, 6) is 0. The number of hydrogen-bond donors (Lipinski definition) is 2. The molecule has 2 unspecified atom stereocenters. The summed E-state index contributed by atoms with van der Waals surface area (Å²) in [5, 5.41) is 16.2. The molecule has 76 valence electrons. The molecular formula is C6H9FO6. The average molecular weight is 196 g/mol. The Morgan fingerprint density at radius 2 is 1.77 bits per heavy atom. The lowest BCUT2D eigenvalue weighted by atomic mass is 10.2. The third kappa shape index (κ3) is 4.83. The molecule has 0 aliphatic rings. The maximum atomic E-state index is 12.1. The Morgan fingerprint density at radius 1 is 1.31 bits per heavy atom. The smallest absolute Gasteiger partial charge is 0.450 e. The normalized spacial score (nSPS) is 14.3. The highest BCUT2D eigenvalue weighted by molar-refractivity contribution is 5.58. The van der Waals surface area contributed by atoms with Crippen molar-refractivity contribution in [2.24, 2.45) is 0 Å². The molecule has 0 amide bonds. The van der Waals surface area contributed by atoms with Gasteiger partial charge in [0.25, 0.3) is 0 Å². The molecule has 0 spiro atoms. The largest absolute Gasteiger partial charge is 0.506 e. The van der Waals surface area contributed by atoms with Crippen LogP contribution in [-0.4, -0.2) is 41.4 Å². The molecule has 2 atom stereocenters. The van der Waals surface area contributed by atoms with Crippen LogP contribution in [0.2, 0.25) is 0 Å². The fourth-order valence-corrected chi connectivity index (χ4v) is 0.617. The summed E-state index contributed by atoms with van der Waals surface area (Å²) in [4.78, 5) is 19.9. The van der Waals surface area contributed by atoms with Crippen LogP contribution < -0.4 is 0 Å². The molecule has 0 aromatic carbocycles. The molecule has 0 rings (SSSR count). The highest BCUT2D eigenvalue weighted by atomic mass is 19.1. The lowest BCUT2D eigenvalue weighted by Gasteiger charge is -2.18. The lowest BCUT2D eigenvalue weighted by molar-refractivity contribution is -0.0410. The third-order valence-corrected chi connectivity index (χ3v) is 1.21. The van der Waals surface area contributed by atoms with Gasteiger partial charge in [0.2, 0.25) is 0 Å². The van der Waals surface area contributed by atoms with Gasteiger partial charge in [-0.05, 0) is 6.92 Å². The Morgan fingerprint density at radius 3 is 2.08 bits per heavy atom. The van der Waals surface area contributed by atoms with E-state index >= 15 is 0 Å². The molecule has 0 bridgehead atoms. The SMILES string of the molecule is CC(OC(=O)O)C(CF)OC(=O)O. The predicted molar refractivity (Wildman–Crippen MR) is 37.4 cm³/mol. The first kappa shape index (κ1) is 11.5. The lowest BCUT2D eigenvalue weighted by Crippen LogP contribution is -2.34. The van der Waals surface area contributed by atoms with Crippen molar-refractivity contribution in [3.63, 3.8) is 0 Å². The van der Waals surface area contributed by atoms with Crippen LogP contribution in [-0.2, 0) is 9.47 Å². The van der Waals surface area contributed by atoms with Gasteiger partial charge in [0.15, 0.2) is 6.10 Å². The Kier molecular flexibility index (Phi) is 4.57. The van der Waals surface area contributed by atoms with E-state index in [1.807, 2.05) is 0 Å². The minimum absolute atomic E-state index is 1.14. The molecule has 0 saturated heterocycles. The van der Waals surface area contributed by atoms with Crippen molar-refractivity contribution in [2.75, 3.05) is 6.67 Å². The van der Waals surface area contributed by atoms with Gasteiger partial charge >= 0.3 is 12.3 Å². The van der Waals surface area contributed by atoms with E-state index in [0.717, 1.165) is 0 Å². The fraction of sp³-hybridized carbons (Fsp3) is 0.667. The van der Waals surface area contributed by atoms with Gasteiger partial charge in [-0.3, -0.25) is 0 Å². The highest BCUT2D eigenvalue weighted by Gasteiger charge is 2.24. The molecule has 0 aliphatic carbocycles. The van der Waals surface area contributed by atoms with Crippen LogP contribution in [0.3, 0.4) is 0 Å². The second-order valence-corrected chi connectivity index (χ2v) is 2.17. The van der Waals surface area contributed by atoms with E-state index in [2.05, 4.69) is 9.47 Å². The van der Waals surface area contributed by atoms with Crippen molar-refractivity contribution < 1.29 is 33.7 Å². The summed E-state index contributed by atoms with van der Waals surface area (Å²) < 4.78 is 20.2. The molecule has 0 heterocycles. The van der Waals surface area contributed by atoms with E-state index < -0.39 is 31.2 Å². The number of hydrogen-bond acceptors (Lipinski definition) is 4. The van der Waals surface area contributed by atoms with Crippen LogP contribution in [0.15, 0.2) is 0 Å². The van der Waals surface area contributed by atoms with Crippen molar-refractivity contribution in [1.82, 2.24) is 0 Å².